The standard InChI is InChI=1S/C8H8O2S.C3H6/c1-10-8(9)3-2-7-4-5-11-6-7;1-2-3-1/h2-6H,1H3;1-3H2. The molecule has 0 radical (unpaired) electrons. The summed E-state index contributed by atoms with van der Waals surface area (Å²) in [7, 11) is 1.36. The van der Waals surface area contributed by atoms with Crippen molar-refractivity contribution in [3.05, 3.63) is 28.5 Å². The van der Waals surface area contributed by atoms with Gasteiger partial charge in [-0.15, -0.1) is 0 Å². The molecule has 14 heavy (non-hydrogen) atoms. The van der Waals surface area contributed by atoms with Crippen LogP contribution < -0.4 is 0 Å². The minimum absolute atomic E-state index is 0.323. The topological polar surface area (TPSA) is 26.3 Å². The lowest BCUT2D eigenvalue weighted by atomic mass is 10.3. The third-order valence-electron chi connectivity index (χ3n) is 1.51. The van der Waals surface area contributed by atoms with Crippen molar-refractivity contribution in [2.75, 3.05) is 7.11 Å². The molecular formula is C11H14O2S. The second-order valence-corrected chi connectivity index (χ2v) is 3.75. The van der Waals surface area contributed by atoms with Crippen molar-refractivity contribution in [2.24, 2.45) is 0 Å². The Labute approximate surface area is 88.2 Å². The molecule has 1 aliphatic carbocycles. The average molecular weight is 210 g/mol. The summed E-state index contributed by atoms with van der Waals surface area (Å²) >= 11 is 1.60. The second-order valence-electron chi connectivity index (χ2n) is 2.97. The Bertz CT molecular complexity index is 283. The largest absolute Gasteiger partial charge is 0.466 e. The van der Waals surface area contributed by atoms with Crippen molar-refractivity contribution in [3.8, 4) is 0 Å². The van der Waals surface area contributed by atoms with Gasteiger partial charge in [0.15, 0.2) is 0 Å². The Morgan fingerprint density at radius 1 is 1.50 bits per heavy atom. The molecule has 0 spiro atoms. The highest BCUT2D eigenvalue weighted by Crippen LogP contribution is 2.14. The zero-order valence-corrected chi connectivity index (χ0v) is 9.05. The molecule has 0 atom stereocenters. The van der Waals surface area contributed by atoms with Gasteiger partial charge < -0.3 is 4.74 Å². The van der Waals surface area contributed by atoms with E-state index in [9.17, 15) is 4.79 Å². The van der Waals surface area contributed by atoms with Crippen LogP contribution in [0.4, 0.5) is 0 Å². The monoisotopic (exact) mass is 210 g/mol. The predicted molar refractivity (Wildman–Crippen MR) is 59.2 cm³/mol. The molecular weight excluding hydrogens is 196 g/mol. The van der Waals surface area contributed by atoms with E-state index in [1.165, 1.54) is 32.4 Å². The number of hydrogen-bond acceptors (Lipinski definition) is 3. The van der Waals surface area contributed by atoms with Gasteiger partial charge in [-0.25, -0.2) is 4.79 Å². The predicted octanol–water partition coefficient (Wildman–Crippen LogP) is 3.10. The van der Waals surface area contributed by atoms with Crippen LogP contribution in [0.1, 0.15) is 24.8 Å². The van der Waals surface area contributed by atoms with E-state index in [0.29, 0.717) is 0 Å². The van der Waals surface area contributed by atoms with Crippen molar-refractivity contribution in [3.63, 3.8) is 0 Å². The molecule has 76 valence electrons. The fourth-order valence-electron chi connectivity index (χ4n) is 0.602. The van der Waals surface area contributed by atoms with Crippen molar-refractivity contribution < 1.29 is 9.53 Å². The van der Waals surface area contributed by atoms with Gasteiger partial charge in [0.25, 0.3) is 0 Å². The Hall–Kier alpha value is -1.09. The maximum atomic E-state index is 10.6. The van der Waals surface area contributed by atoms with Crippen molar-refractivity contribution in [1.82, 2.24) is 0 Å². The number of thiophene rings is 1. The molecule has 2 rings (SSSR count). The third-order valence-corrected chi connectivity index (χ3v) is 2.21. The maximum Gasteiger partial charge on any atom is 0.330 e. The summed E-state index contributed by atoms with van der Waals surface area (Å²) in [5.41, 5.74) is 1.03. The molecule has 1 aliphatic rings. The Balaban J connectivity index is 0.000000276. The number of ether oxygens (including phenoxy) is 1. The van der Waals surface area contributed by atoms with Crippen LogP contribution >= 0.6 is 11.3 Å². The summed E-state index contributed by atoms with van der Waals surface area (Å²) in [5.74, 6) is -0.323. The lowest BCUT2D eigenvalue weighted by molar-refractivity contribution is -0.134. The first-order valence-corrected chi connectivity index (χ1v) is 5.55. The first-order chi connectivity index (χ1) is 6.83. The second kappa shape index (κ2) is 6.38. The molecule has 0 amide bonds. The fourth-order valence-corrected chi connectivity index (χ4v) is 1.23. The van der Waals surface area contributed by atoms with Gasteiger partial charge in [-0.05, 0) is 28.5 Å². The van der Waals surface area contributed by atoms with Gasteiger partial charge in [-0.1, -0.05) is 19.3 Å². The molecule has 2 nitrogen and oxygen atoms in total. The molecule has 1 fully saturated rings. The molecule has 1 aromatic rings. The molecule has 0 bridgehead atoms. The molecule has 0 unspecified atom stereocenters. The Kier molecular flexibility index (Phi) is 5.00. The quantitative estimate of drug-likeness (QED) is 0.554. The normalized spacial score (nSPS) is 13.2. The number of carbonyl (C=O) groups is 1. The van der Waals surface area contributed by atoms with E-state index in [4.69, 9.17) is 0 Å². The van der Waals surface area contributed by atoms with Gasteiger partial charge in [0.1, 0.15) is 0 Å². The first-order valence-electron chi connectivity index (χ1n) is 4.61. The summed E-state index contributed by atoms with van der Waals surface area (Å²) in [6, 6.07) is 1.93. The molecule has 1 heterocycles. The van der Waals surface area contributed by atoms with Crippen LogP contribution in [0, 0.1) is 0 Å². The van der Waals surface area contributed by atoms with Crippen LogP contribution in [-0.4, -0.2) is 13.1 Å². The smallest absolute Gasteiger partial charge is 0.330 e. The highest BCUT2D eigenvalue weighted by Gasteiger charge is 1.95. The number of hydrogen-bond donors (Lipinski definition) is 0. The van der Waals surface area contributed by atoms with Crippen molar-refractivity contribution in [2.45, 2.75) is 19.3 Å². The molecule has 3 heteroatoms. The summed E-state index contributed by atoms with van der Waals surface area (Å²) in [6.07, 6.45) is 7.63. The summed E-state index contributed by atoms with van der Waals surface area (Å²) in [5, 5.41) is 3.91. The van der Waals surface area contributed by atoms with Gasteiger partial charge in [0, 0.05) is 6.08 Å². The van der Waals surface area contributed by atoms with Gasteiger partial charge >= 0.3 is 5.97 Å². The van der Waals surface area contributed by atoms with E-state index in [0.717, 1.165) is 5.56 Å². The molecule has 0 saturated heterocycles. The lowest BCUT2D eigenvalue weighted by Crippen LogP contribution is -1.92. The van der Waals surface area contributed by atoms with E-state index in [1.54, 1.807) is 17.4 Å². The van der Waals surface area contributed by atoms with Crippen LogP contribution in [0.5, 0.6) is 0 Å². The average Bonchev–Trinajstić information content (AvgIpc) is 3.01. The van der Waals surface area contributed by atoms with E-state index < -0.39 is 0 Å². The van der Waals surface area contributed by atoms with E-state index in [-0.39, 0.29) is 5.97 Å². The van der Waals surface area contributed by atoms with Gasteiger partial charge in [-0.3, -0.25) is 0 Å². The van der Waals surface area contributed by atoms with Crippen molar-refractivity contribution >= 4 is 23.4 Å². The number of rotatable bonds is 2. The van der Waals surface area contributed by atoms with Crippen LogP contribution in [0.3, 0.4) is 0 Å². The summed E-state index contributed by atoms with van der Waals surface area (Å²) in [6.45, 7) is 0. The van der Waals surface area contributed by atoms with Crippen LogP contribution in [-0.2, 0) is 9.53 Å². The zero-order valence-electron chi connectivity index (χ0n) is 8.23. The summed E-state index contributed by atoms with van der Waals surface area (Å²) < 4.78 is 4.43. The van der Waals surface area contributed by atoms with E-state index in [1.807, 2.05) is 16.8 Å². The van der Waals surface area contributed by atoms with Crippen LogP contribution in [0.2, 0.25) is 0 Å². The number of carbonyl (C=O) groups excluding carboxylic acids is 1. The Morgan fingerprint density at radius 3 is 2.64 bits per heavy atom. The minimum Gasteiger partial charge on any atom is -0.466 e. The fraction of sp³-hybridized carbons (Fsp3) is 0.364. The minimum atomic E-state index is -0.323. The zero-order chi connectivity index (χ0) is 10.2. The summed E-state index contributed by atoms with van der Waals surface area (Å²) in [4.78, 5) is 10.6. The van der Waals surface area contributed by atoms with Crippen LogP contribution in [0.15, 0.2) is 22.9 Å². The highest BCUT2D eigenvalue weighted by molar-refractivity contribution is 7.08. The molecule has 0 aromatic carbocycles. The van der Waals surface area contributed by atoms with Gasteiger partial charge in [0.05, 0.1) is 7.11 Å². The number of methoxy groups -OCH3 is 1. The Morgan fingerprint density at radius 2 is 2.21 bits per heavy atom. The van der Waals surface area contributed by atoms with Crippen LogP contribution in [0.25, 0.3) is 6.08 Å². The van der Waals surface area contributed by atoms with Gasteiger partial charge in [0.2, 0.25) is 0 Å². The lowest BCUT2D eigenvalue weighted by Gasteiger charge is -1.87. The maximum absolute atomic E-state index is 10.6. The molecule has 1 saturated carbocycles. The SMILES string of the molecule is C1CC1.COC(=O)C=Cc1ccsc1. The van der Waals surface area contributed by atoms with Crippen molar-refractivity contribution in [1.29, 1.82) is 0 Å². The van der Waals surface area contributed by atoms with E-state index >= 15 is 0 Å². The van der Waals surface area contributed by atoms with E-state index in [2.05, 4.69) is 4.74 Å². The first kappa shape index (κ1) is 11.0. The molecule has 1 aromatic heterocycles. The highest BCUT2D eigenvalue weighted by atomic mass is 32.1. The molecule has 0 N–H and O–H groups in total. The van der Waals surface area contributed by atoms with Gasteiger partial charge in [-0.2, -0.15) is 11.3 Å². The molecule has 0 aliphatic heterocycles. The number of esters is 1. The third kappa shape index (κ3) is 5.54.